The number of methoxy groups -OCH3 is 2. The summed E-state index contributed by atoms with van der Waals surface area (Å²) in [6.07, 6.45) is 0. The highest BCUT2D eigenvalue weighted by atomic mass is 16.5. The van der Waals surface area contributed by atoms with Gasteiger partial charge in [0.25, 0.3) is 0 Å². The van der Waals surface area contributed by atoms with Gasteiger partial charge >= 0.3 is 0 Å². The van der Waals surface area contributed by atoms with E-state index in [1.54, 1.807) is 20.3 Å². The van der Waals surface area contributed by atoms with Crippen molar-refractivity contribution in [2.24, 2.45) is 0 Å². The molecule has 0 saturated carbocycles. The second-order valence-corrected chi connectivity index (χ2v) is 5.54. The average molecular weight is 336 g/mol. The van der Waals surface area contributed by atoms with E-state index in [9.17, 15) is 5.11 Å². The molecule has 128 valence electrons. The van der Waals surface area contributed by atoms with Crippen LogP contribution in [0.2, 0.25) is 0 Å². The molecule has 0 spiro atoms. The second-order valence-electron chi connectivity index (χ2n) is 5.54. The van der Waals surface area contributed by atoms with Gasteiger partial charge in [-0.2, -0.15) is 0 Å². The minimum absolute atomic E-state index is 0.186. The number of phenolic OH excluding ortho intramolecular Hbond substituents is 1. The standard InChI is InChI=1S/C21H20O4/c1-23-17-7-3-15(4-8-17)14-25-18-9-5-16(6-10-18)20-12-11-19(24-2)13-21(20)22/h3-13,22H,14H2,1-2H3. The molecule has 0 unspecified atom stereocenters. The van der Waals surface area contributed by atoms with Crippen LogP contribution in [-0.4, -0.2) is 19.3 Å². The molecule has 3 aromatic carbocycles. The number of hydrogen-bond acceptors (Lipinski definition) is 4. The molecule has 0 aliphatic heterocycles. The van der Waals surface area contributed by atoms with Crippen LogP contribution in [0.25, 0.3) is 11.1 Å². The molecule has 4 nitrogen and oxygen atoms in total. The fraction of sp³-hybridized carbons (Fsp3) is 0.143. The number of benzene rings is 3. The summed E-state index contributed by atoms with van der Waals surface area (Å²) in [4.78, 5) is 0. The molecule has 3 aromatic rings. The van der Waals surface area contributed by atoms with Crippen LogP contribution in [0.4, 0.5) is 0 Å². The van der Waals surface area contributed by atoms with Crippen molar-refractivity contribution >= 4 is 0 Å². The molecule has 25 heavy (non-hydrogen) atoms. The van der Waals surface area contributed by atoms with Gasteiger partial charge in [-0.15, -0.1) is 0 Å². The molecule has 0 aliphatic rings. The van der Waals surface area contributed by atoms with Gasteiger partial charge in [-0.05, 0) is 47.5 Å². The Morgan fingerprint density at radius 1 is 0.720 bits per heavy atom. The highest BCUT2D eigenvalue weighted by Gasteiger charge is 2.06. The van der Waals surface area contributed by atoms with Crippen molar-refractivity contribution in [1.29, 1.82) is 0 Å². The Morgan fingerprint density at radius 2 is 1.32 bits per heavy atom. The lowest BCUT2D eigenvalue weighted by molar-refractivity contribution is 0.306. The fourth-order valence-corrected chi connectivity index (χ4v) is 2.50. The van der Waals surface area contributed by atoms with Crippen molar-refractivity contribution in [2.75, 3.05) is 14.2 Å². The molecule has 0 fully saturated rings. The molecule has 0 heterocycles. The van der Waals surface area contributed by atoms with Crippen LogP contribution in [0, 0.1) is 0 Å². The van der Waals surface area contributed by atoms with Gasteiger partial charge in [0.2, 0.25) is 0 Å². The van der Waals surface area contributed by atoms with E-state index in [1.807, 2.05) is 60.7 Å². The molecule has 3 rings (SSSR count). The SMILES string of the molecule is COc1ccc(COc2ccc(-c3ccc(OC)cc3O)cc2)cc1. The highest BCUT2D eigenvalue weighted by Crippen LogP contribution is 2.33. The Morgan fingerprint density at radius 3 is 1.92 bits per heavy atom. The van der Waals surface area contributed by atoms with Crippen LogP contribution in [0.3, 0.4) is 0 Å². The fourth-order valence-electron chi connectivity index (χ4n) is 2.50. The van der Waals surface area contributed by atoms with Crippen molar-refractivity contribution in [3.63, 3.8) is 0 Å². The zero-order chi connectivity index (χ0) is 17.6. The van der Waals surface area contributed by atoms with Gasteiger partial charge in [0.1, 0.15) is 29.6 Å². The van der Waals surface area contributed by atoms with Gasteiger partial charge < -0.3 is 19.3 Å². The van der Waals surface area contributed by atoms with Gasteiger partial charge in [-0.25, -0.2) is 0 Å². The normalized spacial score (nSPS) is 10.3. The molecule has 1 N–H and O–H groups in total. The van der Waals surface area contributed by atoms with E-state index >= 15 is 0 Å². The third-order valence-corrected chi connectivity index (χ3v) is 3.93. The third kappa shape index (κ3) is 4.04. The van der Waals surface area contributed by atoms with Crippen molar-refractivity contribution in [3.8, 4) is 34.1 Å². The van der Waals surface area contributed by atoms with E-state index in [2.05, 4.69) is 0 Å². The Bertz CT molecular complexity index is 824. The molecule has 4 heteroatoms. The molecular formula is C21H20O4. The Balaban J connectivity index is 1.67. The monoisotopic (exact) mass is 336 g/mol. The van der Waals surface area contributed by atoms with Gasteiger partial charge in [0.05, 0.1) is 14.2 Å². The van der Waals surface area contributed by atoms with Gasteiger partial charge in [0, 0.05) is 11.6 Å². The lowest BCUT2D eigenvalue weighted by Gasteiger charge is -2.10. The Hall–Kier alpha value is -3.14. The number of phenols is 1. The maximum atomic E-state index is 10.1. The quantitative estimate of drug-likeness (QED) is 0.711. The summed E-state index contributed by atoms with van der Waals surface area (Å²) in [7, 11) is 3.22. The lowest BCUT2D eigenvalue weighted by atomic mass is 10.0. The van der Waals surface area contributed by atoms with Crippen molar-refractivity contribution in [2.45, 2.75) is 6.61 Å². The lowest BCUT2D eigenvalue weighted by Crippen LogP contribution is -1.95. The minimum Gasteiger partial charge on any atom is -0.507 e. The average Bonchev–Trinajstić information content (AvgIpc) is 2.67. The third-order valence-electron chi connectivity index (χ3n) is 3.93. The molecule has 0 aliphatic carbocycles. The molecular weight excluding hydrogens is 316 g/mol. The van der Waals surface area contributed by atoms with Crippen molar-refractivity contribution in [1.82, 2.24) is 0 Å². The van der Waals surface area contributed by atoms with E-state index in [0.29, 0.717) is 12.4 Å². The summed E-state index contributed by atoms with van der Waals surface area (Å²) in [5.74, 6) is 2.41. The zero-order valence-electron chi connectivity index (χ0n) is 14.2. The number of rotatable bonds is 6. The van der Waals surface area contributed by atoms with Crippen molar-refractivity contribution < 1.29 is 19.3 Å². The second kappa shape index (κ2) is 7.62. The van der Waals surface area contributed by atoms with Gasteiger partial charge in [-0.3, -0.25) is 0 Å². The molecule has 0 saturated heterocycles. The van der Waals surface area contributed by atoms with E-state index in [-0.39, 0.29) is 5.75 Å². The van der Waals surface area contributed by atoms with Crippen LogP contribution in [0.15, 0.2) is 66.7 Å². The summed E-state index contributed by atoms with van der Waals surface area (Å²) in [5, 5.41) is 10.1. The summed E-state index contributed by atoms with van der Waals surface area (Å²) >= 11 is 0. The number of hydrogen-bond donors (Lipinski definition) is 1. The van der Waals surface area contributed by atoms with Crippen molar-refractivity contribution in [3.05, 3.63) is 72.3 Å². The first kappa shape index (κ1) is 16.7. The zero-order valence-corrected chi connectivity index (χ0v) is 14.2. The van der Waals surface area contributed by atoms with E-state index < -0.39 is 0 Å². The topological polar surface area (TPSA) is 47.9 Å². The van der Waals surface area contributed by atoms with Crippen LogP contribution in [0.1, 0.15) is 5.56 Å². The Kier molecular flexibility index (Phi) is 5.09. The van der Waals surface area contributed by atoms with E-state index in [4.69, 9.17) is 14.2 Å². The maximum absolute atomic E-state index is 10.1. The molecule has 0 bridgehead atoms. The minimum atomic E-state index is 0.186. The number of ether oxygens (including phenoxy) is 3. The van der Waals surface area contributed by atoms with Crippen LogP contribution in [0.5, 0.6) is 23.0 Å². The summed E-state index contributed by atoms with van der Waals surface area (Å²) < 4.78 is 16.0. The Labute approximate surface area is 147 Å². The van der Waals surface area contributed by atoms with Gasteiger partial charge in [-0.1, -0.05) is 24.3 Å². The predicted octanol–water partition coefficient (Wildman–Crippen LogP) is 4.66. The number of aromatic hydroxyl groups is 1. The first-order chi connectivity index (χ1) is 12.2. The molecule has 0 aromatic heterocycles. The summed E-state index contributed by atoms with van der Waals surface area (Å²) in [5.41, 5.74) is 2.73. The smallest absolute Gasteiger partial charge is 0.127 e. The highest BCUT2D eigenvalue weighted by molar-refractivity contribution is 5.71. The van der Waals surface area contributed by atoms with Gasteiger partial charge in [0.15, 0.2) is 0 Å². The van der Waals surface area contributed by atoms with E-state index in [0.717, 1.165) is 28.2 Å². The summed E-state index contributed by atoms with van der Waals surface area (Å²) in [6, 6.07) is 20.7. The summed E-state index contributed by atoms with van der Waals surface area (Å²) in [6.45, 7) is 0.483. The van der Waals surface area contributed by atoms with Crippen LogP contribution < -0.4 is 14.2 Å². The molecule has 0 amide bonds. The van der Waals surface area contributed by atoms with Crippen LogP contribution in [-0.2, 0) is 6.61 Å². The largest absolute Gasteiger partial charge is 0.507 e. The first-order valence-corrected chi connectivity index (χ1v) is 7.93. The molecule has 0 atom stereocenters. The maximum Gasteiger partial charge on any atom is 0.127 e. The van der Waals surface area contributed by atoms with Crippen LogP contribution >= 0.6 is 0 Å². The first-order valence-electron chi connectivity index (χ1n) is 7.93. The predicted molar refractivity (Wildman–Crippen MR) is 97.4 cm³/mol. The molecule has 0 radical (unpaired) electrons. The van der Waals surface area contributed by atoms with E-state index in [1.165, 1.54) is 0 Å².